The van der Waals surface area contributed by atoms with Crippen LogP contribution in [0.15, 0.2) is 40.1 Å². The van der Waals surface area contributed by atoms with E-state index in [0.29, 0.717) is 6.42 Å². The minimum Gasteiger partial charge on any atom is -0.345 e. The number of thiazole rings is 1. The van der Waals surface area contributed by atoms with Crippen molar-refractivity contribution in [3.8, 4) is 0 Å². The summed E-state index contributed by atoms with van der Waals surface area (Å²) < 4.78 is 1.29. The normalized spacial score (nSPS) is 12.1. The van der Waals surface area contributed by atoms with Gasteiger partial charge in [0.25, 0.3) is 0 Å². The van der Waals surface area contributed by atoms with Gasteiger partial charge in [0.05, 0.1) is 11.7 Å². The molecule has 0 aliphatic rings. The maximum absolute atomic E-state index is 12.4. The molecular formula is C17H18N4O2S2. The second-order valence-corrected chi connectivity index (χ2v) is 7.69. The average molecular weight is 374 g/mol. The second-order valence-electron chi connectivity index (χ2n) is 5.68. The van der Waals surface area contributed by atoms with Crippen molar-refractivity contribution in [2.75, 3.05) is 0 Å². The average Bonchev–Trinajstić information content (AvgIpc) is 3.19. The fourth-order valence-corrected chi connectivity index (χ4v) is 4.05. The zero-order chi connectivity index (χ0) is 17.8. The van der Waals surface area contributed by atoms with Gasteiger partial charge in [-0.05, 0) is 42.3 Å². The lowest BCUT2D eigenvalue weighted by molar-refractivity contribution is -0.122. The number of carbonyl (C=O) groups excluding carboxylic acids is 1. The van der Waals surface area contributed by atoms with Crippen LogP contribution < -0.4 is 11.0 Å². The van der Waals surface area contributed by atoms with Crippen molar-refractivity contribution in [2.24, 2.45) is 0 Å². The molecule has 0 aliphatic carbocycles. The van der Waals surface area contributed by atoms with Crippen LogP contribution in [0.3, 0.4) is 0 Å². The standard InChI is InChI=1S/C17H18N4O2S2/c1-11-12(2)25-16(19-11)14(8-13-4-7-24-10-13)20-15(22)9-21-6-3-5-18-17(21)23/h3-7,10,14H,8-9H2,1-2H3,(H,20,22)/t14-/m0/s1. The number of nitrogens with zero attached hydrogens (tertiary/aromatic N) is 3. The van der Waals surface area contributed by atoms with Gasteiger partial charge in [0.2, 0.25) is 5.91 Å². The number of nitrogens with one attached hydrogen (secondary N) is 1. The number of aromatic nitrogens is 3. The van der Waals surface area contributed by atoms with E-state index < -0.39 is 5.69 Å². The zero-order valence-electron chi connectivity index (χ0n) is 13.9. The largest absolute Gasteiger partial charge is 0.347 e. The lowest BCUT2D eigenvalue weighted by atomic mass is 10.1. The minimum absolute atomic E-state index is 0.0594. The molecule has 3 heterocycles. The van der Waals surface area contributed by atoms with Crippen molar-refractivity contribution in [1.82, 2.24) is 19.9 Å². The van der Waals surface area contributed by atoms with Gasteiger partial charge in [-0.25, -0.2) is 14.8 Å². The Morgan fingerprint density at radius 1 is 1.40 bits per heavy atom. The van der Waals surface area contributed by atoms with Crippen LogP contribution in [0.4, 0.5) is 0 Å². The minimum atomic E-state index is -0.437. The molecule has 3 aromatic rings. The van der Waals surface area contributed by atoms with Gasteiger partial charge < -0.3 is 5.32 Å². The molecule has 25 heavy (non-hydrogen) atoms. The molecule has 0 aromatic carbocycles. The highest BCUT2D eigenvalue weighted by atomic mass is 32.1. The predicted molar refractivity (Wildman–Crippen MR) is 99.0 cm³/mol. The molecule has 0 radical (unpaired) electrons. The molecule has 0 aliphatic heterocycles. The fraction of sp³-hybridized carbons (Fsp3) is 0.294. The third-order valence-corrected chi connectivity index (χ3v) is 5.71. The van der Waals surface area contributed by atoms with Gasteiger partial charge in [-0.2, -0.15) is 11.3 Å². The lowest BCUT2D eigenvalue weighted by Gasteiger charge is -2.16. The molecule has 0 saturated heterocycles. The van der Waals surface area contributed by atoms with E-state index in [2.05, 4.69) is 20.7 Å². The number of amides is 1. The van der Waals surface area contributed by atoms with Crippen molar-refractivity contribution >= 4 is 28.6 Å². The van der Waals surface area contributed by atoms with Crippen LogP contribution >= 0.6 is 22.7 Å². The maximum Gasteiger partial charge on any atom is 0.347 e. The summed E-state index contributed by atoms with van der Waals surface area (Å²) in [5, 5.41) is 7.98. The lowest BCUT2D eigenvalue weighted by Crippen LogP contribution is -2.35. The number of carbonyl (C=O) groups is 1. The van der Waals surface area contributed by atoms with Crippen LogP contribution in [-0.4, -0.2) is 20.4 Å². The van der Waals surface area contributed by atoms with Crippen molar-refractivity contribution < 1.29 is 4.79 Å². The topological polar surface area (TPSA) is 76.9 Å². The van der Waals surface area contributed by atoms with Gasteiger partial charge >= 0.3 is 5.69 Å². The molecule has 130 valence electrons. The Bertz CT molecular complexity index is 895. The Morgan fingerprint density at radius 2 is 2.24 bits per heavy atom. The van der Waals surface area contributed by atoms with Crippen LogP contribution in [-0.2, 0) is 17.8 Å². The Hall–Kier alpha value is -2.32. The monoisotopic (exact) mass is 374 g/mol. The summed E-state index contributed by atoms with van der Waals surface area (Å²) in [6, 6.07) is 3.46. The summed E-state index contributed by atoms with van der Waals surface area (Å²) in [6.07, 6.45) is 3.64. The smallest absolute Gasteiger partial charge is 0.345 e. The summed E-state index contributed by atoms with van der Waals surface area (Å²) in [6.45, 7) is 3.93. The van der Waals surface area contributed by atoms with Crippen molar-refractivity contribution in [1.29, 1.82) is 0 Å². The number of thiophene rings is 1. The van der Waals surface area contributed by atoms with Gasteiger partial charge in [-0.15, -0.1) is 11.3 Å². The van der Waals surface area contributed by atoms with E-state index in [1.165, 1.54) is 10.8 Å². The summed E-state index contributed by atoms with van der Waals surface area (Å²) >= 11 is 3.22. The third kappa shape index (κ3) is 4.40. The van der Waals surface area contributed by atoms with E-state index in [9.17, 15) is 9.59 Å². The molecular weight excluding hydrogens is 356 g/mol. The van der Waals surface area contributed by atoms with Crippen LogP contribution in [0.25, 0.3) is 0 Å². The zero-order valence-corrected chi connectivity index (χ0v) is 15.6. The van der Waals surface area contributed by atoms with E-state index in [1.807, 2.05) is 25.3 Å². The van der Waals surface area contributed by atoms with Crippen molar-refractivity contribution in [2.45, 2.75) is 32.9 Å². The van der Waals surface area contributed by atoms with Gasteiger partial charge in [0.1, 0.15) is 11.6 Å². The summed E-state index contributed by atoms with van der Waals surface area (Å²) in [5.74, 6) is -0.235. The Morgan fingerprint density at radius 3 is 2.88 bits per heavy atom. The van der Waals surface area contributed by atoms with E-state index in [1.54, 1.807) is 34.9 Å². The predicted octanol–water partition coefficient (Wildman–Crippen LogP) is 2.48. The molecule has 1 amide bonds. The first kappa shape index (κ1) is 17.5. The molecule has 1 atom stereocenters. The van der Waals surface area contributed by atoms with Crippen LogP contribution in [0.1, 0.15) is 27.2 Å². The number of hydrogen-bond donors (Lipinski definition) is 1. The van der Waals surface area contributed by atoms with Crippen LogP contribution in [0.5, 0.6) is 0 Å². The molecule has 1 N–H and O–H groups in total. The van der Waals surface area contributed by atoms with Crippen molar-refractivity contribution in [3.05, 3.63) is 66.9 Å². The van der Waals surface area contributed by atoms with E-state index >= 15 is 0 Å². The Balaban J connectivity index is 1.78. The Kier molecular flexibility index (Phi) is 5.40. The molecule has 6 nitrogen and oxygen atoms in total. The first-order valence-corrected chi connectivity index (χ1v) is 9.54. The summed E-state index contributed by atoms with van der Waals surface area (Å²) in [7, 11) is 0. The maximum atomic E-state index is 12.4. The number of rotatable bonds is 6. The molecule has 0 unspecified atom stereocenters. The summed E-state index contributed by atoms with van der Waals surface area (Å²) in [4.78, 5) is 33.5. The molecule has 0 fully saturated rings. The highest BCUT2D eigenvalue weighted by molar-refractivity contribution is 7.11. The van der Waals surface area contributed by atoms with Crippen molar-refractivity contribution in [3.63, 3.8) is 0 Å². The molecule has 0 bridgehead atoms. The molecule has 3 rings (SSSR count). The Labute approximate surface area is 153 Å². The van der Waals surface area contributed by atoms with Crippen LogP contribution in [0.2, 0.25) is 0 Å². The fourth-order valence-electron chi connectivity index (χ4n) is 2.39. The van der Waals surface area contributed by atoms with Gasteiger partial charge in [0.15, 0.2) is 0 Å². The number of aryl methyl sites for hydroxylation is 2. The quantitative estimate of drug-likeness (QED) is 0.719. The van der Waals surface area contributed by atoms with E-state index in [0.717, 1.165) is 21.1 Å². The van der Waals surface area contributed by atoms with E-state index in [-0.39, 0.29) is 18.5 Å². The molecule has 0 spiro atoms. The van der Waals surface area contributed by atoms with Crippen LogP contribution in [0, 0.1) is 13.8 Å². The summed E-state index contributed by atoms with van der Waals surface area (Å²) in [5.41, 5.74) is 1.69. The SMILES string of the molecule is Cc1nc([C@H](Cc2ccsc2)NC(=O)Cn2cccnc2=O)sc1C. The first-order valence-electron chi connectivity index (χ1n) is 7.79. The van der Waals surface area contributed by atoms with Gasteiger partial charge in [0, 0.05) is 23.7 Å². The molecule has 3 aromatic heterocycles. The highest BCUT2D eigenvalue weighted by Crippen LogP contribution is 2.26. The number of hydrogen-bond acceptors (Lipinski definition) is 6. The first-order chi connectivity index (χ1) is 12.0. The van der Waals surface area contributed by atoms with E-state index in [4.69, 9.17) is 0 Å². The molecule has 8 heteroatoms. The molecule has 0 saturated carbocycles. The van der Waals surface area contributed by atoms with Gasteiger partial charge in [-0.3, -0.25) is 9.36 Å². The second kappa shape index (κ2) is 7.71. The highest BCUT2D eigenvalue weighted by Gasteiger charge is 2.20. The third-order valence-electron chi connectivity index (χ3n) is 3.80. The van der Waals surface area contributed by atoms with Gasteiger partial charge in [-0.1, -0.05) is 0 Å².